The van der Waals surface area contributed by atoms with Gasteiger partial charge in [-0.05, 0) is 19.9 Å². The Morgan fingerprint density at radius 1 is 1.27 bits per heavy atom. The molecule has 1 fully saturated rings. The topological polar surface area (TPSA) is 107 Å². The number of allylic oxidation sites excluding steroid dienone is 1. The van der Waals surface area contributed by atoms with E-state index in [1.807, 2.05) is 13.8 Å². The number of carboxylic acid groups (broad SMARTS) is 1. The first-order valence-corrected chi connectivity index (χ1v) is 8.74. The van der Waals surface area contributed by atoms with Crippen LogP contribution in [0.5, 0.6) is 0 Å². The normalized spacial score (nSPS) is 33.2. The quantitative estimate of drug-likeness (QED) is 0.760. The smallest absolute Gasteiger partial charge is 0.309 e. The summed E-state index contributed by atoms with van der Waals surface area (Å²) in [4.78, 5) is 47.3. The minimum atomic E-state index is -1.08. The van der Waals surface area contributed by atoms with Crippen LogP contribution in [0.2, 0.25) is 0 Å². The van der Waals surface area contributed by atoms with E-state index in [1.165, 1.54) is 0 Å². The Labute approximate surface area is 151 Å². The SMILES string of the molecule is CC1=CC(=O)C2=C(C)C[C@H](OC(=O)CCC(=O)O)C3C(C)C(=O)O[C@@H]3[C@@H]12. The van der Waals surface area contributed by atoms with Crippen LogP contribution in [0.15, 0.2) is 22.8 Å². The largest absolute Gasteiger partial charge is 0.481 e. The van der Waals surface area contributed by atoms with E-state index in [4.69, 9.17) is 14.6 Å². The standard InChI is InChI=1S/C19H22O7/c1-8-6-11(20)15-9(2)7-12(25-14(23)5-4-13(21)22)17-10(3)19(24)26-18(17)16(8)15/h6,10,12,16-18H,4-5,7H2,1-3H3,(H,21,22)/t10?,12-,16-,17?,18+/m0/s1. The minimum Gasteiger partial charge on any atom is -0.481 e. The molecule has 0 radical (unpaired) electrons. The summed E-state index contributed by atoms with van der Waals surface area (Å²) in [6.45, 7) is 5.41. The second-order valence-corrected chi connectivity index (χ2v) is 7.32. The molecule has 1 saturated heterocycles. The van der Waals surface area contributed by atoms with Crippen molar-refractivity contribution in [2.75, 3.05) is 0 Å². The van der Waals surface area contributed by atoms with Crippen LogP contribution in [-0.2, 0) is 28.7 Å². The monoisotopic (exact) mass is 362 g/mol. The fourth-order valence-electron chi connectivity index (χ4n) is 4.34. The number of carboxylic acids is 1. The minimum absolute atomic E-state index is 0.0859. The van der Waals surface area contributed by atoms with Crippen LogP contribution in [0.4, 0.5) is 0 Å². The predicted octanol–water partition coefficient (Wildman–Crippen LogP) is 1.81. The number of hydrogen-bond donors (Lipinski definition) is 1. The number of aliphatic carboxylic acids is 1. The number of ether oxygens (including phenoxy) is 2. The van der Waals surface area contributed by atoms with Gasteiger partial charge in [-0.25, -0.2) is 0 Å². The number of fused-ring (bicyclic) bond motifs is 3. The van der Waals surface area contributed by atoms with Gasteiger partial charge in [-0.15, -0.1) is 0 Å². The summed E-state index contributed by atoms with van der Waals surface area (Å²) in [5, 5.41) is 8.73. The van der Waals surface area contributed by atoms with Crippen molar-refractivity contribution in [1.82, 2.24) is 0 Å². The predicted molar refractivity (Wildman–Crippen MR) is 88.9 cm³/mol. The van der Waals surface area contributed by atoms with Crippen LogP contribution in [0.3, 0.4) is 0 Å². The van der Waals surface area contributed by atoms with Gasteiger partial charge in [0.2, 0.25) is 0 Å². The van der Waals surface area contributed by atoms with Gasteiger partial charge in [-0.3, -0.25) is 19.2 Å². The summed E-state index contributed by atoms with van der Waals surface area (Å²) in [7, 11) is 0. The van der Waals surface area contributed by atoms with Crippen molar-refractivity contribution in [3.05, 3.63) is 22.8 Å². The highest BCUT2D eigenvalue weighted by atomic mass is 16.6. The van der Waals surface area contributed by atoms with Crippen molar-refractivity contribution in [1.29, 1.82) is 0 Å². The molecule has 2 unspecified atom stereocenters. The number of carbonyl (C=O) groups is 4. The van der Waals surface area contributed by atoms with Crippen molar-refractivity contribution >= 4 is 23.7 Å². The Kier molecular flexibility index (Phi) is 4.73. The molecule has 0 amide bonds. The molecule has 1 N–H and O–H groups in total. The molecule has 0 spiro atoms. The Hall–Kier alpha value is -2.44. The summed E-state index contributed by atoms with van der Waals surface area (Å²) in [5.74, 6) is -3.28. The van der Waals surface area contributed by atoms with Crippen LogP contribution >= 0.6 is 0 Å². The fourth-order valence-corrected chi connectivity index (χ4v) is 4.34. The highest BCUT2D eigenvalue weighted by molar-refractivity contribution is 6.09. The van der Waals surface area contributed by atoms with Crippen molar-refractivity contribution in [2.45, 2.75) is 52.2 Å². The third-order valence-electron chi connectivity index (χ3n) is 5.56. The molecule has 0 aromatic heterocycles. The van der Waals surface area contributed by atoms with Gasteiger partial charge in [0.1, 0.15) is 12.2 Å². The first kappa shape index (κ1) is 18.4. The van der Waals surface area contributed by atoms with E-state index < -0.39 is 30.1 Å². The van der Waals surface area contributed by atoms with Gasteiger partial charge in [0.05, 0.1) is 18.8 Å². The van der Waals surface area contributed by atoms with Gasteiger partial charge >= 0.3 is 17.9 Å². The van der Waals surface area contributed by atoms with Crippen molar-refractivity contribution in [3.63, 3.8) is 0 Å². The molecule has 7 heteroatoms. The molecule has 3 rings (SSSR count). The van der Waals surface area contributed by atoms with Crippen molar-refractivity contribution < 1.29 is 33.8 Å². The molecule has 1 aliphatic heterocycles. The molecule has 3 aliphatic rings. The van der Waals surface area contributed by atoms with E-state index in [9.17, 15) is 19.2 Å². The second-order valence-electron chi connectivity index (χ2n) is 7.32. The Morgan fingerprint density at radius 3 is 2.62 bits per heavy atom. The molecule has 0 aromatic rings. The Balaban J connectivity index is 1.91. The zero-order valence-corrected chi connectivity index (χ0v) is 15.0. The summed E-state index contributed by atoms with van der Waals surface area (Å²) in [5.41, 5.74) is 2.30. The molecule has 2 aliphatic carbocycles. The molecule has 0 bridgehead atoms. The van der Waals surface area contributed by atoms with Gasteiger partial charge in [-0.2, -0.15) is 0 Å². The van der Waals surface area contributed by atoms with Crippen LogP contribution in [0.1, 0.15) is 40.0 Å². The lowest BCUT2D eigenvalue weighted by atomic mass is 9.79. The van der Waals surface area contributed by atoms with Crippen molar-refractivity contribution in [3.8, 4) is 0 Å². The number of esters is 2. The number of rotatable bonds is 4. The van der Waals surface area contributed by atoms with Gasteiger partial charge < -0.3 is 14.6 Å². The van der Waals surface area contributed by atoms with Gasteiger partial charge in [-0.1, -0.05) is 18.1 Å². The van der Waals surface area contributed by atoms with E-state index in [-0.39, 0.29) is 36.4 Å². The lowest BCUT2D eigenvalue weighted by Gasteiger charge is -2.29. The maximum absolute atomic E-state index is 12.4. The molecule has 0 aromatic carbocycles. The van der Waals surface area contributed by atoms with Crippen LogP contribution in [0.25, 0.3) is 0 Å². The lowest BCUT2D eigenvalue weighted by Crippen LogP contribution is -2.38. The average molecular weight is 362 g/mol. The van der Waals surface area contributed by atoms with Crippen LogP contribution < -0.4 is 0 Å². The van der Waals surface area contributed by atoms with E-state index in [0.717, 1.165) is 11.1 Å². The van der Waals surface area contributed by atoms with Crippen LogP contribution in [0, 0.1) is 17.8 Å². The molecular weight excluding hydrogens is 340 g/mol. The maximum atomic E-state index is 12.4. The molecule has 140 valence electrons. The third-order valence-corrected chi connectivity index (χ3v) is 5.56. The van der Waals surface area contributed by atoms with Crippen LogP contribution in [-0.4, -0.2) is 41.0 Å². The first-order chi connectivity index (χ1) is 12.2. The van der Waals surface area contributed by atoms with E-state index in [2.05, 4.69) is 0 Å². The van der Waals surface area contributed by atoms with E-state index >= 15 is 0 Å². The maximum Gasteiger partial charge on any atom is 0.309 e. The first-order valence-electron chi connectivity index (χ1n) is 8.74. The zero-order chi connectivity index (χ0) is 19.2. The van der Waals surface area contributed by atoms with Crippen molar-refractivity contribution in [2.24, 2.45) is 17.8 Å². The number of hydrogen-bond acceptors (Lipinski definition) is 6. The molecule has 26 heavy (non-hydrogen) atoms. The summed E-state index contributed by atoms with van der Waals surface area (Å²) >= 11 is 0. The summed E-state index contributed by atoms with van der Waals surface area (Å²) in [6.07, 6.45) is 0.194. The Bertz CT molecular complexity index is 745. The molecule has 0 saturated carbocycles. The highest BCUT2D eigenvalue weighted by Crippen LogP contribution is 2.48. The summed E-state index contributed by atoms with van der Waals surface area (Å²) < 4.78 is 11.2. The second kappa shape index (κ2) is 6.70. The van der Waals surface area contributed by atoms with Gasteiger partial charge in [0.15, 0.2) is 5.78 Å². The molecular formula is C19H22O7. The van der Waals surface area contributed by atoms with Gasteiger partial charge in [0, 0.05) is 23.8 Å². The fraction of sp³-hybridized carbons (Fsp3) is 0.579. The number of ketones is 1. The average Bonchev–Trinajstić information content (AvgIpc) is 2.95. The van der Waals surface area contributed by atoms with Gasteiger partial charge in [0.25, 0.3) is 0 Å². The molecule has 5 atom stereocenters. The van der Waals surface area contributed by atoms with E-state index in [1.54, 1.807) is 13.0 Å². The number of carbonyl (C=O) groups excluding carboxylic acids is 3. The third kappa shape index (κ3) is 3.06. The molecule has 7 nitrogen and oxygen atoms in total. The summed E-state index contributed by atoms with van der Waals surface area (Å²) in [6, 6.07) is 0. The molecule has 1 heterocycles. The zero-order valence-electron chi connectivity index (χ0n) is 15.0. The Morgan fingerprint density at radius 2 is 1.96 bits per heavy atom. The van der Waals surface area contributed by atoms with E-state index in [0.29, 0.717) is 12.0 Å². The lowest BCUT2D eigenvalue weighted by molar-refractivity contribution is -0.156. The highest BCUT2D eigenvalue weighted by Gasteiger charge is 2.55.